The maximum atomic E-state index is 9.35. The molecule has 5 nitrogen and oxygen atoms in total. The van der Waals surface area contributed by atoms with Gasteiger partial charge in [-0.3, -0.25) is 4.90 Å². The minimum atomic E-state index is -0.0698. The van der Waals surface area contributed by atoms with Crippen LogP contribution in [-0.4, -0.2) is 37.9 Å². The number of hydrogen-bond donors (Lipinski definition) is 1. The molecule has 1 heterocycles. The Bertz CT molecular complexity index is 458. The molecule has 0 unspecified atom stereocenters. The molecule has 0 spiro atoms. The fraction of sp³-hybridized carbons (Fsp3) is 0.846. The maximum absolute atomic E-state index is 9.35. The van der Waals surface area contributed by atoms with E-state index in [4.69, 9.17) is 12.2 Å². The van der Waals surface area contributed by atoms with E-state index in [0.29, 0.717) is 17.3 Å². The molecule has 19 heavy (non-hydrogen) atoms. The molecule has 1 aromatic rings. The van der Waals surface area contributed by atoms with Gasteiger partial charge in [-0.05, 0) is 31.1 Å². The van der Waals surface area contributed by atoms with Crippen molar-refractivity contribution in [3.05, 3.63) is 10.6 Å². The molecule has 1 aromatic heterocycles. The molecule has 1 N–H and O–H groups in total. The lowest BCUT2D eigenvalue weighted by Crippen LogP contribution is -2.31. The smallest absolute Gasteiger partial charge is 0.199 e. The molecule has 0 aliphatic heterocycles. The molecule has 0 saturated heterocycles. The van der Waals surface area contributed by atoms with E-state index >= 15 is 0 Å². The number of rotatable bonds is 6. The third-order valence-corrected chi connectivity index (χ3v) is 3.14. The highest BCUT2D eigenvalue weighted by Crippen LogP contribution is 2.14. The lowest BCUT2D eigenvalue weighted by atomic mass is 9.96. The average molecular weight is 286 g/mol. The number of aliphatic hydroxyl groups excluding tert-OH is 1. The minimum absolute atomic E-state index is 0.0698. The molecule has 6 heteroatoms. The van der Waals surface area contributed by atoms with Gasteiger partial charge in [0.1, 0.15) is 6.61 Å². The van der Waals surface area contributed by atoms with Crippen LogP contribution in [0.15, 0.2) is 0 Å². The fourth-order valence-electron chi connectivity index (χ4n) is 2.23. The Balaban J connectivity index is 2.87. The van der Waals surface area contributed by atoms with Crippen LogP contribution in [0.2, 0.25) is 0 Å². The van der Waals surface area contributed by atoms with E-state index in [1.165, 1.54) is 0 Å². The Morgan fingerprint density at radius 1 is 1.37 bits per heavy atom. The average Bonchev–Trinajstić information content (AvgIpc) is 2.55. The van der Waals surface area contributed by atoms with E-state index in [1.54, 1.807) is 4.68 Å². The van der Waals surface area contributed by atoms with Gasteiger partial charge in [-0.2, -0.15) is 5.10 Å². The molecule has 0 saturated carbocycles. The first-order chi connectivity index (χ1) is 8.78. The summed E-state index contributed by atoms with van der Waals surface area (Å²) in [6.07, 6.45) is 0.977. The highest BCUT2D eigenvalue weighted by molar-refractivity contribution is 7.71. The zero-order chi connectivity index (χ0) is 14.6. The number of nitrogens with zero attached hydrogens (tertiary/aromatic N) is 4. The normalized spacial score (nSPS) is 12.4. The van der Waals surface area contributed by atoms with E-state index in [-0.39, 0.29) is 12.0 Å². The van der Waals surface area contributed by atoms with E-state index in [9.17, 15) is 5.11 Å². The first kappa shape index (κ1) is 16.3. The van der Waals surface area contributed by atoms with Gasteiger partial charge in [0, 0.05) is 13.1 Å². The largest absolute Gasteiger partial charge is 0.388 e. The quantitative estimate of drug-likeness (QED) is 0.815. The van der Waals surface area contributed by atoms with Crippen molar-refractivity contribution >= 4 is 12.2 Å². The lowest BCUT2D eigenvalue weighted by Gasteiger charge is -2.26. The zero-order valence-corrected chi connectivity index (χ0v) is 13.5. The van der Waals surface area contributed by atoms with Gasteiger partial charge in [-0.15, -0.1) is 0 Å². The second kappa shape index (κ2) is 6.63. The Labute approximate surface area is 120 Å². The summed E-state index contributed by atoms with van der Waals surface area (Å²) in [7, 11) is 2.06. The summed E-state index contributed by atoms with van der Waals surface area (Å²) >= 11 is 5.43. The van der Waals surface area contributed by atoms with Crippen LogP contribution in [-0.2, 0) is 19.8 Å². The van der Waals surface area contributed by atoms with Crippen LogP contribution >= 0.6 is 12.2 Å². The van der Waals surface area contributed by atoms with E-state index in [2.05, 4.69) is 44.7 Å². The van der Waals surface area contributed by atoms with Crippen LogP contribution < -0.4 is 0 Å². The number of aromatic nitrogens is 3. The molecule has 0 aliphatic carbocycles. The van der Waals surface area contributed by atoms with E-state index in [1.807, 2.05) is 4.57 Å². The van der Waals surface area contributed by atoms with E-state index in [0.717, 1.165) is 19.5 Å². The van der Waals surface area contributed by atoms with Crippen molar-refractivity contribution in [2.75, 3.05) is 13.6 Å². The van der Waals surface area contributed by atoms with Crippen LogP contribution in [0, 0.1) is 10.2 Å². The predicted octanol–water partition coefficient (Wildman–Crippen LogP) is 2.25. The molecule has 0 radical (unpaired) electrons. The van der Waals surface area contributed by atoms with Crippen LogP contribution in [0.1, 0.15) is 39.9 Å². The van der Waals surface area contributed by atoms with Crippen molar-refractivity contribution in [2.45, 2.75) is 53.9 Å². The molecule has 0 atom stereocenters. The van der Waals surface area contributed by atoms with Crippen molar-refractivity contribution < 1.29 is 5.11 Å². The summed E-state index contributed by atoms with van der Waals surface area (Å²) in [5, 5.41) is 13.7. The van der Waals surface area contributed by atoms with E-state index < -0.39 is 0 Å². The monoisotopic (exact) mass is 286 g/mol. The minimum Gasteiger partial charge on any atom is -0.388 e. The molecule has 0 amide bonds. The van der Waals surface area contributed by atoms with Crippen molar-refractivity contribution in [3.63, 3.8) is 0 Å². The van der Waals surface area contributed by atoms with Crippen molar-refractivity contribution in [1.82, 2.24) is 19.2 Å². The van der Waals surface area contributed by atoms with Gasteiger partial charge in [0.05, 0.1) is 6.67 Å². The summed E-state index contributed by atoms with van der Waals surface area (Å²) in [4.78, 5) is 2.19. The summed E-state index contributed by atoms with van der Waals surface area (Å²) in [6, 6.07) is 0. The summed E-state index contributed by atoms with van der Waals surface area (Å²) in [5.74, 6) is 0.649. The molecule has 1 rings (SSSR count). The molecule has 0 aromatic carbocycles. The summed E-state index contributed by atoms with van der Waals surface area (Å²) in [6.45, 7) is 11.1. The van der Waals surface area contributed by atoms with Crippen LogP contribution in [0.25, 0.3) is 0 Å². The number of hydrogen-bond acceptors (Lipinski definition) is 4. The third kappa shape index (κ3) is 4.71. The Hall–Kier alpha value is -0.720. The van der Waals surface area contributed by atoms with Gasteiger partial charge in [-0.1, -0.05) is 27.7 Å². The van der Waals surface area contributed by atoms with Crippen molar-refractivity contribution in [2.24, 2.45) is 5.41 Å². The highest BCUT2D eigenvalue weighted by atomic mass is 32.1. The van der Waals surface area contributed by atoms with Gasteiger partial charge in [0.15, 0.2) is 10.6 Å². The standard InChI is InChI=1S/C13H26N4OS/c1-6-7-16-11(8-18)14-17(12(16)19)10-15(5)9-13(2,3)4/h18H,6-10H2,1-5H3. The van der Waals surface area contributed by atoms with Gasteiger partial charge in [-0.25, -0.2) is 4.68 Å². The highest BCUT2D eigenvalue weighted by Gasteiger charge is 2.15. The maximum Gasteiger partial charge on any atom is 0.199 e. The van der Waals surface area contributed by atoms with Gasteiger partial charge in [0.2, 0.25) is 0 Å². The molecule has 0 fully saturated rings. The molecule has 0 aliphatic rings. The molecular formula is C13H26N4OS. The molecule has 110 valence electrons. The second-order valence-corrected chi connectivity index (χ2v) is 6.59. The SMILES string of the molecule is CCCn1c(CO)nn(CN(C)CC(C)(C)C)c1=S. The molecular weight excluding hydrogens is 260 g/mol. The fourth-order valence-corrected chi connectivity index (χ4v) is 2.53. The van der Waals surface area contributed by atoms with Gasteiger partial charge < -0.3 is 9.67 Å². The van der Waals surface area contributed by atoms with Crippen LogP contribution in [0.3, 0.4) is 0 Å². The Morgan fingerprint density at radius 3 is 2.47 bits per heavy atom. The first-order valence-electron chi connectivity index (χ1n) is 6.74. The van der Waals surface area contributed by atoms with Gasteiger partial charge in [0.25, 0.3) is 0 Å². The lowest BCUT2D eigenvalue weighted by molar-refractivity contribution is 0.178. The third-order valence-electron chi connectivity index (χ3n) is 2.71. The zero-order valence-electron chi connectivity index (χ0n) is 12.7. The molecule has 0 bridgehead atoms. The number of aliphatic hydroxyl groups is 1. The summed E-state index contributed by atoms with van der Waals surface area (Å²) in [5.41, 5.74) is 0.239. The van der Waals surface area contributed by atoms with Crippen LogP contribution in [0.5, 0.6) is 0 Å². The Morgan fingerprint density at radius 2 is 2.00 bits per heavy atom. The predicted molar refractivity (Wildman–Crippen MR) is 79.3 cm³/mol. The van der Waals surface area contributed by atoms with Crippen LogP contribution in [0.4, 0.5) is 0 Å². The summed E-state index contributed by atoms with van der Waals surface area (Å²) < 4.78 is 4.40. The van der Waals surface area contributed by atoms with Gasteiger partial charge >= 0.3 is 0 Å². The topological polar surface area (TPSA) is 46.2 Å². The second-order valence-electron chi connectivity index (χ2n) is 6.22. The van der Waals surface area contributed by atoms with Crippen molar-refractivity contribution in [1.29, 1.82) is 0 Å². The first-order valence-corrected chi connectivity index (χ1v) is 7.15. The Kier molecular flexibility index (Phi) is 5.70. The van der Waals surface area contributed by atoms with Crippen molar-refractivity contribution in [3.8, 4) is 0 Å².